The topological polar surface area (TPSA) is 52.6 Å². The van der Waals surface area contributed by atoms with E-state index in [1.807, 2.05) is 0 Å². The van der Waals surface area contributed by atoms with Crippen LogP contribution in [0.5, 0.6) is 0 Å². The maximum Gasteiger partial charge on any atom is 0.349 e. The van der Waals surface area contributed by atoms with Crippen LogP contribution in [-0.2, 0) is 14.3 Å². The highest BCUT2D eigenvalue weighted by Crippen LogP contribution is 2.23. The minimum absolute atomic E-state index is 0.0437. The summed E-state index contributed by atoms with van der Waals surface area (Å²) in [6.45, 7) is 2.11. The number of carbonyl (C=O) groups is 2. The number of halogens is 1. The minimum Gasteiger partial charge on any atom is -0.466 e. The zero-order valence-corrected chi connectivity index (χ0v) is 11.1. The largest absolute Gasteiger partial charge is 0.466 e. The van der Waals surface area contributed by atoms with Crippen LogP contribution in [0, 0.1) is 0 Å². The van der Waals surface area contributed by atoms with Crippen LogP contribution in [0.1, 0.15) is 23.0 Å². The SMILES string of the molecule is CCOC(=O)CCOC(=O)c1sccc1Br. The van der Waals surface area contributed by atoms with Gasteiger partial charge in [-0.2, -0.15) is 0 Å². The second-order valence-corrected chi connectivity index (χ2v) is 4.56. The van der Waals surface area contributed by atoms with Crippen molar-refractivity contribution in [1.29, 1.82) is 0 Å². The lowest BCUT2D eigenvalue weighted by Gasteiger charge is -2.03. The maximum atomic E-state index is 11.5. The van der Waals surface area contributed by atoms with Crippen LogP contribution < -0.4 is 0 Å². The lowest BCUT2D eigenvalue weighted by molar-refractivity contribution is -0.143. The van der Waals surface area contributed by atoms with E-state index >= 15 is 0 Å². The van der Waals surface area contributed by atoms with Gasteiger partial charge in [-0.05, 0) is 34.3 Å². The molecule has 0 bridgehead atoms. The number of carbonyl (C=O) groups excluding carboxylic acids is 2. The summed E-state index contributed by atoms with van der Waals surface area (Å²) in [6, 6.07) is 1.77. The average Bonchev–Trinajstić information content (AvgIpc) is 2.64. The molecule has 1 aromatic rings. The Balaban J connectivity index is 2.31. The molecule has 0 saturated heterocycles. The summed E-state index contributed by atoms with van der Waals surface area (Å²) >= 11 is 4.52. The van der Waals surface area contributed by atoms with Crippen molar-refractivity contribution in [3.05, 3.63) is 20.8 Å². The third kappa shape index (κ3) is 3.94. The van der Waals surface area contributed by atoms with E-state index in [0.29, 0.717) is 16.0 Å². The molecule has 0 saturated carbocycles. The van der Waals surface area contributed by atoms with Gasteiger partial charge in [0, 0.05) is 4.47 Å². The number of hydrogen-bond donors (Lipinski definition) is 0. The Kier molecular flexibility index (Phi) is 5.48. The molecule has 88 valence electrons. The fourth-order valence-corrected chi connectivity index (χ4v) is 2.39. The second-order valence-electron chi connectivity index (χ2n) is 2.79. The zero-order valence-electron chi connectivity index (χ0n) is 8.70. The predicted octanol–water partition coefficient (Wildman–Crippen LogP) is 2.62. The lowest BCUT2D eigenvalue weighted by Crippen LogP contribution is -2.11. The molecule has 1 aromatic heterocycles. The first kappa shape index (κ1) is 13.2. The Morgan fingerprint density at radius 2 is 2.19 bits per heavy atom. The molecule has 0 radical (unpaired) electrons. The summed E-state index contributed by atoms with van der Waals surface area (Å²) in [7, 11) is 0. The summed E-state index contributed by atoms with van der Waals surface area (Å²) in [4.78, 5) is 22.9. The van der Waals surface area contributed by atoms with Gasteiger partial charge in [-0.3, -0.25) is 4.79 Å². The van der Waals surface area contributed by atoms with E-state index in [1.54, 1.807) is 18.4 Å². The molecule has 0 fully saturated rings. The van der Waals surface area contributed by atoms with E-state index in [0.717, 1.165) is 0 Å². The molecule has 0 aromatic carbocycles. The first-order valence-corrected chi connectivity index (χ1v) is 6.38. The van der Waals surface area contributed by atoms with Crippen molar-refractivity contribution >= 4 is 39.2 Å². The van der Waals surface area contributed by atoms with Gasteiger partial charge in [-0.15, -0.1) is 11.3 Å². The monoisotopic (exact) mass is 306 g/mol. The van der Waals surface area contributed by atoms with Crippen LogP contribution in [0.15, 0.2) is 15.9 Å². The second kappa shape index (κ2) is 6.65. The molecule has 4 nitrogen and oxygen atoms in total. The molecule has 0 aliphatic heterocycles. The first-order chi connectivity index (χ1) is 7.65. The molecule has 0 unspecified atom stereocenters. The molecule has 1 heterocycles. The zero-order chi connectivity index (χ0) is 12.0. The number of ether oxygens (including phenoxy) is 2. The Morgan fingerprint density at radius 3 is 2.75 bits per heavy atom. The van der Waals surface area contributed by atoms with Gasteiger partial charge in [0.2, 0.25) is 0 Å². The first-order valence-electron chi connectivity index (χ1n) is 4.71. The number of thiophene rings is 1. The van der Waals surface area contributed by atoms with Gasteiger partial charge >= 0.3 is 11.9 Å². The molecule has 16 heavy (non-hydrogen) atoms. The molecule has 0 amide bonds. The van der Waals surface area contributed by atoms with Crippen LogP contribution >= 0.6 is 27.3 Å². The lowest BCUT2D eigenvalue weighted by atomic mass is 10.4. The molecule has 0 N–H and O–H groups in total. The van der Waals surface area contributed by atoms with Crippen molar-refractivity contribution in [2.75, 3.05) is 13.2 Å². The standard InChI is InChI=1S/C10H11BrO4S/c1-2-14-8(12)3-5-15-10(13)9-7(11)4-6-16-9/h4,6H,2-3,5H2,1H3. The van der Waals surface area contributed by atoms with Crippen molar-refractivity contribution in [2.24, 2.45) is 0 Å². The molecular weight excluding hydrogens is 296 g/mol. The molecule has 0 aliphatic rings. The van der Waals surface area contributed by atoms with Gasteiger partial charge in [0.15, 0.2) is 0 Å². The van der Waals surface area contributed by atoms with E-state index in [4.69, 9.17) is 9.47 Å². The van der Waals surface area contributed by atoms with Crippen molar-refractivity contribution in [3.8, 4) is 0 Å². The van der Waals surface area contributed by atoms with Crippen molar-refractivity contribution in [2.45, 2.75) is 13.3 Å². The van der Waals surface area contributed by atoms with E-state index in [-0.39, 0.29) is 19.0 Å². The fourth-order valence-electron chi connectivity index (χ4n) is 0.965. The van der Waals surface area contributed by atoms with E-state index in [2.05, 4.69) is 15.9 Å². The number of esters is 2. The highest BCUT2D eigenvalue weighted by atomic mass is 79.9. The van der Waals surface area contributed by atoms with Gasteiger partial charge in [0.25, 0.3) is 0 Å². The van der Waals surface area contributed by atoms with Gasteiger partial charge in [-0.25, -0.2) is 4.79 Å². The van der Waals surface area contributed by atoms with Crippen LogP contribution in [0.3, 0.4) is 0 Å². The summed E-state index contributed by atoms with van der Waals surface area (Å²) in [6.07, 6.45) is 0.0859. The highest BCUT2D eigenvalue weighted by molar-refractivity contribution is 9.10. The van der Waals surface area contributed by atoms with E-state index in [9.17, 15) is 9.59 Å². The van der Waals surface area contributed by atoms with E-state index in [1.165, 1.54) is 11.3 Å². The highest BCUT2D eigenvalue weighted by Gasteiger charge is 2.13. The smallest absolute Gasteiger partial charge is 0.349 e. The third-order valence-corrected chi connectivity index (χ3v) is 3.46. The predicted molar refractivity (Wildman–Crippen MR) is 63.6 cm³/mol. The summed E-state index contributed by atoms with van der Waals surface area (Å²) in [5, 5.41) is 1.78. The Hall–Kier alpha value is -0.880. The van der Waals surface area contributed by atoms with Crippen LogP contribution in [-0.4, -0.2) is 25.2 Å². The van der Waals surface area contributed by atoms with Crippen molar-refractivity contribution in [3.63, 3.8) is 0 Å². The Labute approximate surface area is 106 Å². The molecule has 0 spiro atoms. The number of rotatable bonds is 5. The van der Waals surface area contributed by atoms with Gasteiger partial charge in [0.05, 0.1) is 13.0 Å². The van der Waals surface area contributed by atoms with Gasteiger partial charge < -0.3 is 9.47 Å². The Bertz CT molecular complexity index is 375. The number of hydrogen-bond acceptors (Lipinski definition) is 5. The third-order valence-electron chi connectivity index (χ3n) is 1.65. The quantitative estimate of drug-likeness (QED) is 0.785. The van der Waals surface area contributed by atoms with Crippen LogP contribution in [0.4, 0.5) is 0 Å². The summed E-state index contributed by atoms with van der Waals surface area (Å²) in [5.41, 5.74) is 0. The molecule has 0 atom stereocenters. The molecule has 6 heteroatoms. The Morgan fingerprint density at radius 1 is 1.44 bits per heavy atom. The van der Waals surface area contributed by atoms with Crippen LogP contribution in [0.25, 0.3) is 0 Å². The molecular formula is C10H11BrO4S. The average molecular weight is 307 g/mol. The van der Waals surface area contributed by atoms with Crippen molar-refractivity contribution in [1.82, 2.24) is 0 Å². The fraction of sp³-hybridized carbons (Fsp3) is 0.400. The summed E-state index contributed by atoms with van der Waals surface area (Å²) < 4.78 is 10.3. The van der Waals surface area contributed by atoms with Gasteiger partial charge in [-0.1, -0.05) is 0 Å². The minimum atomic E-state index is -0.425. The normalized spacial score (nSPS) is 9.88. The van der Waals surface area contributed by atoms with Crippen LogP contribution in [0.2, 0.25) is 0 Å². The van der Waals surface area contributed by atoms with Gasteiger partial charge in [0.1, 0.15) is 11.5 Å². The molecule has 1 rings (SSSR count). The molecule has 0 aliphatic carbocycles. The summed E-state index contributed by atoms with van der Waals surface area (Å²) in [5.74, 6) is -0.785. The maximum absolute atomic E-state index is 11.5. The van der Waals surface area contributed by atoms with E-state index < -0.39 is 5.97 Å². The van der Waals surface area contributed by atoms with Crippen molar-refractivity contribution < 1.29 is 19.1 Å².